The van der Waals surface area contributed by atoms with Crippen LogP contribution in [-0.2, 0) is 0 Å². The van der Waals surface area contributed by atoms with Gasteiger partial charge < -0.3 is 4.90 Å². The van der Waals surface area contributed by atoms with Crippen molar-refractivity contribution in [2.75, 3.05) is 23.8 Å². The smallest absolute Gasteiger partial charge is 0.0991 e. The molecule has 0 aliphatic rings. The van der Waals surface area contributed by atoms with E-state index < -0.39 is 0 Å². The lowest BCUT2D eigenvalue weighted by Crippen LogP contribution is -2.32. The van der Waals surface area contributed by atoms with Crippen LogP contribution in [0, 0.1) is 16.7 Å². The second-order valence-corrected chi connectivity index (χ2v) is 5.37. The Morgan fingerprint density at radius 1 is 1.31 bits per heavy atom. The molecule has 86 valence electrons. The minimum Gasteiger partial charge on any atom is -0.374 e. The van der Waals surface area contributed by atoms with Crippen LogP contribution in [0.5, 0.6) is 0 Å². The standard InChI is InChI=1S/C13H17BrN2/c1-13(2,9-14)10-16(3)12-6-4-11(8-15)5-7-12/h4-7H,9-10H2,1-3H3. The third-order valence-electron chi connectivity index (χ3n) is 2.46. The van der Waals surface area contributed by atoms with E-state index >= 15 is 0 Å². The van der Waals surface area contributed by atoms with E-state index in [2.05, 4.69) is 47.8 Å². The Balaban J connectivity index is 2.74. The maximum Gasteiger partial charge on any atom is 0.0991 e. The van der Waals surface area contributed by atoms with Gasteiger partial charge in [0.25, 0.3) is 0 Å². The fourth-order valence-electron chi connectivity index (χ4n) is 1.57. The number of benzene rings is 1. The lowest BCUT2D eigenvalue weighted by Gasteiger charge is -2.30. The molecule has 1 aromatic rings. The third-order valence-corrected chi connectivity index (χ3v) is 3.98. The van der Waals surface area contributed by atoms with E-state index in [1.165, 1.54) is 0 Å². The Hall–Kier alpha value is -1.01. The zero-order chi connectivity index (χ0) is 12.2. The van der Waals surface area contributed by atoms with E-state index in [-0.39, 0.29) is 5.41 Å². The lowest BCUT2D eigenvalue weighted by atomic mass is 9.96. The van der Waals surface area contributed by atoms with Crippen LogP contribution in [0.4, 0.5) is 5.69 Å². The second kappa shape index (κ2) is 5.36. The summed E-state index contributed by atoms with van der Waals surface area (Å²) in [5.74, 6) is 0. The zero-order valence-corrected chi connectivity index (χ0v) is 11.6. The van der Waals surface area contributed by atoms with Crippen LogP contribution in [-0.4, -0.2) is 18.9 Å². The first kappa shape index (κ1) is 13.1. The number of halogens is 1. The molecule has 0 aliphatic carbocycles. The van der Waals surface area contributed by atoms with Crippen LogP contribution in [0.15, 0.2) is 24.3 Å². The van der Waals surface area contributed by atoms with Crippen LogP contribution >= 0.6 is 15.9 Å². The van der Waals surface area contributed by atoms with Gasteiger partial charge in [-0.25, -0.2) is 0 Å². The number of alkyl halides is 1. The van der Waals surface area contributed by atoms with Crippen LogP contribution in [0.2, 0.25) is 0 Å². The van der Waals surface area contributed by atoms with E-state index in [0.29, 0.717) is 5.56 Å². The number of hydrogen-bond donors (Lipinski definition) is 0. The molecule has 0 saturated carbocycles. The Kier molecular flexibility index (Phi) is 4.37. The summed E-state index contributed by atoms with van der Waals surface area (Å²) in [5.41, 5.74) is 2.09. The molecule has 2 nitrogen and oxygen atoms in total. The maximum atomic E-state index is 8.72. The highest BCUT2D eigenvalue weighted by Gasteiger charge is 2.18. The summed E-state index contributed by atoms with van der Waals surface area (Å²) in [7, 11) is 2.08. The Labute approximate surface area is 106 Å². The van der Waals surface area contributed by atoms with E-state index in [9.17, 15) is 0 Å². The number of hydrogen-bond acceptors (Lipinski definition) is 2. The summed E-state index contributed by atoms with van der Waals surface area (Å²) < 4.78 is 0. The van der Waals surface area contributed by atoms with Gasteiger partial charge in [0, 0.05) is 24.6 Å². The van der Waals surface area contributed by atoms with Crippen molar-refractivity contribution >= 4 is 21.6 Å². The predicted molar refractivity (Wildman–Crippen MR) is 72.0 cm³/mol. The third kappa shape index (κ3) is 3.53. The first-order chi connectivity index (χ1) is 7.48. The second-order valence-electron chi connectivity index (χ2n) is 4.81. The van der Waals surface area contributed by atoms with E-state index in [0.717, 1.165) is 17.6 Å². The Morgan fingerprint density at radius 3 is 2.31 bits per heavy atom. The first-order valence-corrected chi connectivity index (χ1v) is 6.38. The van der Waals surface area contributed by atoms with Crippen LogP contribution in [0.25, 0.3) is 0 Å². The Morgan fingerprint density at radius 2 is 1.88 bits per heavy atom. The van der Waals surface area contributed by atoms with Gasteiger partial charge in [0.05, 0.1) is 11.6 Å². The number of rotatable bonds is 4. The summed E-state index contributed by atoms with van der Waals surface area (Å²) in [4.78, 5) is 2.21. The molecule has 0 N–H and O–H groups in total. The molecule has 0 heterocycles. The topological polar surface area (TPSA) is 27.0 Å². The molecule has 1 aromatic carbocycles. The van der Waals surface area contributed by atoms with Crippen LogP contribution in [0.3, 0.4) is 0 Å². The minimum atomic E-state index is 0.239. The lowest BCUT2D eigenvalue weighted by molar-refractivity contribution is 0.432. The molecule has 0 fully saturated rings. The maximum absolute atomic E-state index is 8.72. The molecule has 16 heavy (non-hydrogen) atoms. The summed E-state index contributed by atoms with van der Waals surface area (Å²) in [6, 6.07) is 9.81. The van der Waals surface area contributed by atoms with Crippen molar-refractivity contribution in [1.82, 2.24) is 0 Å². The highest BCUT2D eigenvalue weighted by molar-refractivity contribution is 9.09. The van der Waals surface area contributed by atoms with Crippen LogP contribution in [0.1, 0.15) is 19.4 Å². The number of anilines is 1. The van der Waals surface area contributed by atoms with Crippen molar-refractivity contribution < 1.29 is 0 Å². The van der Waals surface area contributed by atoms with Gasteiger partial charge in [0.2, 0.25) is 0 Å². The molecule has 0 spiro atoms. The molecule has 0 unspecified atom stereocenters. The largest absolute Gasteiger partial charge is 0.374 e. The SMILES string of the molecule is CN(CC(C)(C)CBr)c1ccc(C#N)cc1. The van der Waals surface area contributed by atoms with Crippen LogP contribution < -0.4 is 4.90 Å². The van der Waals surface area contributed by atoms with Gasteiger partial charge in [-0.3, -0.25) is 0 Å². The fourth-order valence-corrected chi connectivity index (χ4v) is 1.74. The summed E-state index contributed by atoms with van der Waals surface area (Å²) in [6.45, 7) is 5.42. The molecule has 0 atom stereocenters. The van der Waals surface area contributed by atoms with Gasteiger partial charge >= 0.3 is 0 Å². The van der Waals surface area contributed by atoms with Crippen molar-refractivity contribution in [2.45, 2.75) is 13.8 Å². The van der Waals surface area contributed by atoms with Gasteiger partial charge in [0.15, 0.2) is 0 Å². The van der Waals surface area contributed by atoms with Crippen molar-refractivity contribution in [3.8, 4) is 6.07 Å². The molecule has 3 heteroatoms. The summed E-state index contributed by atoms with van der Waals surface area (Å²) >= 11 is 3.53. The molecular formula is C13H17BrN2. The van der Waals surface area contributed by atoms with E-state index in [1.54, 1.807) is 0 Å². The van der Waals surface area contributed by atoms with Gasteiger partial charge in [-0.05, 0) is 29.7 Å². The minimum absolute atomic E-state index is 0.239. The molecule has 0 amide bonds. The molecule has 0 bridgehead atoms. The zero-order valence-electron chi connectivity index (χ0n) is 10.00. The van der Waals surface area contributed by atoms with Crippen molar-refractivity contribution in [1.29, 1.82) is 5.26 Å². The molecule has 0 radical (unpaired) electrons. The van der Waals surface area contributed by atoms with E-state index in [4.69, 9.17) is 5.26 Å². The highest BCUT2D eigenvalue weighted by atomic mass is 79.9. The normalized spacial score (nSPS) is 10.9. The molecule has 1 rings (SSSR count). The molecule has 0 aliphatic heterocycles. The fraction of sp³-hybridized carbons (Fsp3) is 0.462. The van der Waals surface area contributed by atoms with Crippen molar-refractivity contribution in [2.24, 2.45) is 5.41 Å². The van der Waals surface area contributed by atoms with Crippen molar-refractivity contribution in [3.63, 3.8) is 0 Å². The van der Waals surface area contributed by atoms with Crippen molar-refractivity contribution in [3.05, 3.63) is 29.8 Å². The first-order valence-electron chi connectivity index (χ1n) is 5.26. The summed E-state index contributed by atoms with van der Waals surface area (Å²) in [5, 5.41) is 9.69. The summed E-state index contributed by atoms with van der Waals surface area (Å²) in [6.07, 6.45) is 0. The average molecular weight is 281 g/mol. The molecule has 0 aromatic heterocycles. The van der Waals surface area contributed by atoms with Gasteiger partial charge in [-0.15, -0.1) is 0 Å². The monoisotopic (exact) mass is 280 g/mol. The Bertz CT molecular complexity index is 376. The molecule has 0 saturated heterocycles. The number of nitriles is 1. The molecular weight excluding hydrogens is 264 g/mol. The highest BCUT2D eigenvalue weighted by Crippen LogP contribution is 2.23. The van der Waals surface area contributed by atoms with Gasteiger partial charge in [-0.2, -0.15) is 5.26 Å². The van der Waals surface area contributed by atoms with Gasteiger partial charge in [-0.1, -0.05) is 29.8 Å². The average Bonchev–Trinajstić information content (AvgIpc) is 2.28. The van der Waals surface area contributed by atoms with E-state index in [1.807, 2.05) is 24.3 Å². The van der Waals surface area contributed by atoms with Gasteiger partial charge in [0.1, 0.15) is 0 Å². The quantitative estimate of drug-likeness (QED) is 0.791. The number of nitrogens with zero attached hydrogens (tertiary/aromatic N) is 2. The predicted octanol–water partition coefficient (Wildman–Crippen LogP) is 3.42.